The van der Waals surface area contributed by atoms with Crippen molar-refractivity contribution in [3.8, 4) is 0 Å². The van der Waals surface area contributed by atoms with Crippen molar-refractivity contribution in [2.75, 3.05) is 0 Å². The predicted octanol–water partition coefficient (Wildman–Crippen LogP) is 14.1. The summed E-state index contributed by atoms with van der Waals surface area (Å²) in [4.78, 5) is 0. The first kappa shape index (κ1) is 51.1. The molecule has 0 fully saturated rings. The molecule has 0 N–H and O–H groups in total. The standard InChI is InChI=1S/2C20H41Si4.C6H6.2Al/c2*1-21(2,3)19(22(4,5)6)17-14-13-15-18(16-17)20(23(7,8)9)24(10,11)12;1-2-4-6-5-3-1;;/h2*13-15,19-20H,1-12H3;1-6H;;. The molecule has 2 radical (unpaired) electrons. The Morgan fingerprint density at radius 3 is 0.607 bits per heavy atom. The van der Waals surface area contributed by atoms with Gasteiger partial charge in [0.05, 0.1) is 0 Å². The second-order valence-corrected chi connectivity index (χ2v) is 74.8. The zero-order valence-corrected chi connectivity index (χ0v) is 51.7. The Balaban J connectivity index is 2.23. The molecule has 0 saturated heterocycles. The molecule has 0 spiro atoms. The molecule has 1 aliphatic rings. The van der Waals surface area contributed by atoms with Gasteiger partial charge >= 0.3 is 0 Å². The highest BCUT2D eigenvalue weighted by atomic mass is 28.4. The highest BCUT2D eigenvalue weighted by Gasteiger charge is 2.46. The molecular formula is C46H88Al2Si8. The molecule has 0 aliphatic heterocycles. The molecule has 3 rings (SSSR count). The molecule has 2 aromatic rings. The Morgan fingerprint density at radius 1 is 0.304 bits per heavy atom. The monoisotopic (exact) mass is 918 g/mol. The zero-order valence-electron chi connectivity index (χ0n) is 41.4. The Bertz CT molecular complexity index is 1410. The van der Waals surface area contributed by atoms with E-state index in [2.05, 4.69) is 218 Å². The van der Waals surface area contributed by atoms with Crippen LogP contribution in [0.3, 0.4) is 0 Å². The van der Waals surface area contributed by atoms with Gasteiger partial charge in [-0.25, -0.2) is 0 Å². The van der Waals surface area contributed by atoms with Crippen LogP contribution in [0.5, 0.6) is 0 Å². The Hall–Kier alpha value is 0.720. The van der Waals surface area contributed by atoms with Crippen LogP contribution in [0.4, 0.5) is 0 Å². The fraction of sp³-hybridized carbons (Fsp3) is 0.652. The van der Waals surface area contributed by atoms with Gasteiger partial charge in [0.1, 0.15) is 0 Å². The smallest absolute Gasteiger partial charge is 0.117 e. The molecule has 0 amide bonds. The first-order chi connectivity index (χ1) is 24.9. The van der Waals surface area contributed by atoms with Gasteiger partial charge in [0.25, 0.3) is 30.4 Å². The van der Waals surface area contributed by atoms with Gasteiger partial charge in [-0.3, -0.25) is 0 Å². The van der Waals surface area contributed by atoms with E-state index in [1.807, 2.05) is 8.85 Å². The van der Waals surface area contributed by atoms with E-state index in [0.29, 0.717) is 9.56 Å². The second-order valence-electron chi connectivity index (χ2n) is 26.6. The summed E-state index contributed by atoms with van der Waals surface area (Å²) in [5.41, 5.74) is 7.16. The molecule has 2 aromatic carbocycles. The van der Waals surface area contributed by atoms with Crippen LogP contribution in [0.15, 0.2) is 60.7 Å². The maximum Gasteiger partial charge on any atom is 0.268 e. The van der Waals surface area contributed by atoms with Crippen LogP contribution >= 0.6 is 0 Å². The van der Waals surface area contributed by atoms with Crippen molar-refractivity contribution in [3.05, 3.63) is 83.0 Å². The van der Waals surface area contributed by atoms with Crippen LogP contribution in [0, 0.1) is 0 Å². The molecule has 0 heterocycles. The van der Waals surface area contributed by atoms with E-state index in [1.54, 1.807) is 22.3 Å². The zero-order chi connectivity index (χ0) is 43.4. The number of hydrogen-bond donors (Lipinski definition) is 0. The van der Waals surface area contributed by atoms with Crippen molar-refractivity contribution in [1.29, 1.82) is 0 Å². The molecule has 0 bridgehead atoms. The van der Waals surface area contributed by atoms with Crippen molar-refractivity contribution >= 4 is 104 Å². The summed E-state index contributed by atoms with van der Waals surface area (Å²) in [5.74, 6) is 0. The van der Waals surface area contributed by atoms with Crippen molar-refractivity contribution in [3.63, 3.8) is 0 Å². The number of hydrogen-bond acceptors (Lipinski definition) is 0. The van der Waals surface area contributed by atoms with Crippen LogP contribution in [0.1, 0.15) is 42.9 Å². The van der Waals surface area contributed by atoms with E-state index < -0.39 is 64.6 Å². The normalized spacial score (nSPS) is 18.1. The molecule has 0 saturated carbocycles. The minimum atomic E-state index is -1.47. The lowest BCUT2D eigenvalue weighted by atomic mass is 10.1. The van der Waals surface area contributed by atoms with Gasteiger partial charge in [0.2, 0.25) is 0 Å². The second kappa shape index (κ2) is 17.8. The van der Waals surface area contributed by atoms with Gasteiger partial charge in [-0.2, -0.15) is 0 Å². The predicted molar refractivity (Wildman–Crippen MR) is 287 cm³/mol. The van der Waals surface area contributed by atoms with Crippen LogP contribution in [-0.2, 0) is 0 Å². The van der Waals surface area contributed by atoms with Crippen LogP contribution < -0.4 is 8.85 Å². The third kappa shape index (κ3) is 12.9. The average Bonchev–Trinajstić information content (AvgIpc) is 2.91. The molecule has 0 unspecified atom stereocenters. The molecular weight excluding hydrogens is 831 g/mol. The van der Waals surface area contributed by atoms with E-state index in [0.717, 1.165) is 20.7 Å². The van der Waals surface area contributed by atoms with Crippen molar-refractivity contribution < 1.29 is 0 Å². The Labute approximate surface area is 370 Å². The third-order valence-corrected chi connectivity index (χ3v) is 53.1. The van der Waals surface area contributed by atoms with Crippen LogP contribution in [0.25, 0.3) is 0 Å². The minimum absolute atomic E-state index is 0.110. The van der Waals surface area contributed by atoms with Crippen molar-refractivity contribution in [1.82, 2.24) is 0 Å². The van der Waals surface area contributed by atoms with E-state index in [9.17, 15) is 0 Å². The minimum Gasteiger partial charge on any atom is -0.117 e. The van der Waals surface area contributed by atoms with E-state index in [-0.39, 0.29) is 30.4 Å². The van der Waals surface area contributed by atoms with E-state index >= 15 is 0 Å². The highest BCUT2D eigenvalue weighted by Crippen LogP contribution is 2.42. The molecule has 0 aromatic heterocycles. The van der Waals surface area contributed by atoms with Crippen molar-refractivity contribution in [2.24, 2.45) is 0 Å². The van der Waals surface area contributed by atoms with Gasteiger partial charge in [0.15, 0.2) is 0 Å². The van der Waals surface area contributed by atoms with E-state index in [1.165, 1.54) is 0 Å². The summed E-state index contributed by atoms with van der Waals surface area (Å²) < 4.78 is 4.80. The summed E-state index contributed by atoms with van der Waals surface area (Å²) in [6.07, 6.45) is 10.9. The van der Waals surface area contributed by atoms with Gasteiger partial charge in [-0.1, -0.05) is 250 Å². The van der Waals surface area contributed by atoms with Gasteiger partial charge in [0, 0.05) is 64.6 Å². The number of rotatable bonds is 16. The molecule has 0 atom stereocenters. The Kier molecular flexibility index (Phi) is 16.3. The lowest BCUT2D eigenvalue weighted by Gasteiger charge is -2.44. The summed E-state index contributed by atoms with van der Waals surface area (Å²) in [6.45, 7) is 64.0. The van der Waals surface area contributed by atoms with E-state index in [4.69, 9.17) is 0 Å². The number of benzene rings is 2. The van der Waals surface area contributed by atoms with Gasteiger partial charge in [-0.15, -0.1) is 8.85 Å². The molecule has 310 valence electrons. The first-order valence-corrected chi connectivity index (χ1v) is 53.3. The summed E-state index contributed by atoms with van der Waals surface area (Å²) in [5, 5.41) is 3.12. The Morgan fingerprint density at radius 2 is 0.464 bits per heavy atom. The van der Waals surface area contributed by atoms with Crippen LogP contribution in [0.2, 0.25) is 167 Å². The SMILES string of the molecule is C[Si](C)(C)C(c1cccc(C([Si](C)(C)C)[Si](C)(C)C)[c]1[Al][CH]1C=C[CH]([Al][c]2c(C([Si](C)(C)C)[Si](C)(C)C)cccc2C([Si](C)(C)C)[Si](C)(C)C)C=C1)[Si](C)(C)C. The molecule has 10 heteroatoms. The summed E-state index contributed by atoms with van der Waals surface area (Å²) in [7, 11) is -11.8. The maximum atomic E-state index is 2.72. The van der Waals surface area contributed by atoms with Crippen molar-refractivity contribution in [2.45, 2.75) is 187 Å². The molecule has 56 heavy (non-hydrogen) atoms. The fourth-order valence-electron chi connectivity index (χ4n) is 12.8. The largest absolute Gasteiger partial charge is 0.268 e. The average molecular weight is 920 g/mol. The maximum absolute atomic E-state index is 2.72. The third-order valence-electron chi connectivity index (χ3n) is 12.3. The topological polar surface area (TPSA) is 0 Å². The lowest BCUT2D eigenvalue weighted by molar-refractivity contribution is 1.13. The molecule has 0 nitrogen and oxygen atoms in total. The van der Waals surface area contributed by atoms with Crippen LogP contribution in [-0.4, -0.2) is 95.0 Å². The highest BCUT2D eigenvalue weighted by molar-refractivity contribution is 6.99. The lowest BCUT2D eigenvalue weighted by Crippen LogP contribution is -2.52. The fourth-order valence-corrected chi connectivity index (χ4v) is 68.7. The summed E-state index contributed by atoms with van der Waals surface area (Å²) >= 11 is 0.219. The summed E-state index contributed by atoms with van der Waals surface area (Å²) in [6, 6.07) is 15.5. The first-order valence-electron chi connectivity index (χ1n) is 22.2. The molecule has 1 aliphatic carbocycles. The number of allylic oxidation sites excluding steroid dienone is 4. The van der Waals surface area contributed by atoms with Gasteiger partial charge < -0.3 is 0 Å². The quantitative estimate of drug-likeness (QED) is 0.116. The van der Waals surface area contributed by atoms with Gasteiger partial charge in [-0.05, 0) is 20.7 Å².